The van der Waals surface area contributed by atoms with Crippen LogP contribution in [0.1, 0.15) is 50.2 Å². The molecule has 0 saturated carbocycles. The van der Waals surface area contributed by atoms with Crippen LogP contribution in [0.15, 0.2) is 90.0 Å². The highest BCUT2D eigenvalue weighted by Gasteiger charge is 2.57. The molecule has 8 nitrogen and oxygen atoms in total. The molecule has 4 atom stereocenters. The zero-order valence-corrected chi connectivity index (χ0v) is 25.3. The predicted octanol–water partition coefficient (Wildman–Crippen LogP) is 4.19. The summed E-state index contributed by atoms with van der Waals surface area (Å²) in [6.45, 7) is 2.09. The summed E-state index contributed by atoms with van der Waals surface area (Å²) >= 11 is 0. The molecule has 2 fully saturated rings. The molecule has 6 rings (SSSR count). The minimum Gasteiger partial charge on any atom is -0.508 e. The summed E-state index contributed by atoms with van der Waals surface area (Å²) in [6, 6.07) is 23.3. The van der Waals surface area contributed by atoms with Crippen molar-refractivity contribution < 1.29 is 34.4 Å². The van der Waals surface area contributed by atoms with Crippen molar-refractivity contribution in [2.75, 3.05) is 4.90 Å². The van der Waals surface area contributed by atoms with Crippen LogP contribution in [0, 0.1) is 17.8 Å². The Balaban J connectivity index is 1.33. The molecule has 230 valence electrons. The first-order valence-electron chi connectivity index (χ1n) is 15.7. The molecule has 10 heteroatoms. The first kappa shape index (κ1) is 31.0. The van der Waals surface area contributed by atoms with Gasteiger partial charge in [0.15, 0.2) is 0 Å². The van der Waals surface area contributed by atoms with Gasteiger partial charge in [0.1, 0.15) is 5.75 Å². The van der Waals surface area contributed by atoms with Crippen LogP contribution in [0.3, 0.4) is 0 Å². The Kier molecular flexibility index (Phi) is 9.10. The summed E-state index contributed by atoms with van der Waals surface area (Å²) < 4.78 is 6.22. The van der Waals surface area contributed by atoms with Crippen molar-refractivity contribution in [3.8, 4) is 5.75 Å². The quantitative estimate of drug-likeness (QED) is 0.125. The molecule has 2 heterocycles. The standard InChI is InChI=1S/C35H37B2NO7/c1-2-8-25-19-29-33(35(41)38(34(29)40)27-13-7-12-26(20-27)37(43)44)30-21-36(42)45-31(32(25)30)16-15-24(23-10-4-3-5-11-23)17-22-9-6-14-28(39)18-22/h3-7,9-14,17-18,20,29-31,33,39,42-44H,2,8,15-16,19,21H2,1H3/b24-17-/t29-,30+,31-,33-/m1/s1. The van der Waals surface area contributed by atoms with Crippen LogP contribution in [0.2, 0.25) is 6.32 Å². The Labute approximate surface area is 264 Å². The van der Waals surface area contributed by atoms with E-state index in [1.807, 2.05) is 36.4 Å². The average molecular weight is 605 g/mol. The van der Waals surface area contributed by atoms with E-state index in [1.165, 1.54) is 17.0 Å². The van der Waals surface area contributed by atoms with E-state index in [9.17, 15) is 29.8 Å². The van der Waals surface area contributed by atoms with E-state index in [1.54, 1.807) is 30.3 Å². The van der Waals surface area contributed by atoms with Gasteiger partial charge in [-0.05, 0) is 89.9 Å². The van der Waals surface area contributed by atoms with Crippen molar-refractivity contribution in [1.82, 2.24) is 0 Å². The van der Waals surface area contributed by atoms with Crippen molar-refractivity contribution >= 4 is 48.9 Å². The van der Waals surface area contributed by atoms with E-state index in [0.717, 1.165) is 40.7 Å². The summed E-state index contributed by atoms with van der Waals surface area (Å²) in [5, 5.41) is 40.4. The Morgan fingerprint density at radius 2 is 1.78 bits per heavy atom. The van der Waals surface area contributed by atoms with Gasteiger partial charge >= 0.3 is 14.2 Å². The molecule has 45 heavy (non-hydrogen) atoms. The third kappa shape index (κ3) is 6.29. The molecular weight excluding hydrogens is 568 g/mol. The molecule has 3 aromatic rings. The van der Waals surface area contributed by atoms with Crippen LogP contribution >= 0.6 is 0 Å². The molecular formula is C35H37B2NO7. The van der Waals surface area contributed by atoms with Crippen LogP contribution in [-0.4, -0.2) is 52.3 Å². The topological polar surface area (TPSA) is 128 Å². The van der Waals surface area contributed by atoms with E-state index in [4.69, 9.17) is 4.65 Å². The first-order chi connectivity index (χ1) is 21.7. The number of carbonyl (C=O) groups excluding carboxylic acids is 2. The van der Waals surface area contributed by atoms with Gasteiger partial charge in [-0.15, -0.1) is 0 Å². The lowest BCUT2D eigenvalue weighted by Gasteiger charge is -2.43. The molecule has 4 N–H and O–H groups in total. The van der Waals surface area contributed by atoms with Gasteiger partial charge in [-0.25, -0.2) is 0 Å². The molecule has 0 aromatic heterocycles. The van der Waals surface area contributed by atoms with Gasteiger partial charge in [0.25, 0.3) is 0 Å². The first-order valence-corrected chi connectivity index (χ1v) is 15.7. The number of nitrogens with zero attached hydrogens (tertiary/aromatic N) is 1. The number of anilines is 1. The molecule has 3 aromatic carbocycles. The number of phenols is 1. The van der Waals surface area contributed by atoms with Gasteiger partial charge in [-0.2, -0.15) is 0 Å². The van der Waals surface area contributed by atoms with Crippen LogP contribution in [0.4, 0.5) is 5.69 Å². The zero-order chi connectivity index (χ0) is 31.7. The van der Waals surface area contributed by atoms with E-state index in [0.29, 0.717) is 24.9 Å². The van der Waals surface area contributed by atoms with Crippen molar-refractivity contribution in [2.24, 2.45) is 17.8 Å². The molecule has 0 radical (unpaired) electrons. The molecule has 2 saturated heterocycles. The lowest BCUT2D eigenvalue weighted by Crippen LogP contribution is -2.46. The SMILES string of the molecule is CCCC1=C2[C@@H](CC/C(=C/c3cccc(O)c3)c3ccccc3)OB(O)C[C@@H]2[C@@H]2C(=O)N(c3cccc(B(O)O)c3)C(=O)[C@@H]2C1. The fourth-order valence-corrected chi connectivity index (χ4v) is 7.44. The van der Waals surface area contributed by atoms with Gasteiger partial charge in [0, 0.05) is 0 Å². The number of amides is 2. The smallest absolute Gasteiger partial charge is 0.488 e. The number of hydrogen-bond acceptors (Lipinski definition) is 7. The minimum atomic E-state index is -1.72. The second-order valence-corrected chi connectivity index (χ2v) is 12.2. The van der Waals surface area contributed by atoms with Crippen molar-refractivity contribution in [3.63, 3.8) is 0 Å². The van der Waals surface area contributed by atoms with Gasteiger partial charge < -0.3 is 24.8 Å². The van der Waals surface area contributed by atoms with E-state index >= 15 is 0 Å². The second-order valence-electron chi connectivity index (χ2n) is 12.2. The Hall–Kier alpha value is -3.95. The molecule has 1 aliphatic carbocycles. The van der Waals surface area contributed by atoms with Gasteiger partial charge in [-0.1, -0.05) is 79.6 Å². The van der Waals surface area contributed by atoms with E-state index < -0.39 is 32.2 Å². The lowest BCUT2D eigenvalue weighted by atomic mass is 9.58. The monoisotopic (exact) mass is 605 g/mol. The largest absolute Gasteiger partial charge is 0.508 e. The number of carbonyl (C=O) groups is 2. The molecule has 3 aliphatic rings. The van der Waals surface area contributed by atoms with Gasteiger partial charge in [-0.3, -0.25) is 14.5 Å². The zero-order valence-electron chi connectivity index (χ0n) is 25.3. The van der Waals surface area contributed by atoms with Crippen molar-refractivity contribution in [1.29, 1.82) is 0 Å². The number of rotatable bonds is 9. The number of aromatic hydroxyl groups is 1. The van der Waals surface area contributed by atoms with E-state index in [2.05, 4.69) is 13.0 Å². The van der Waals surface area contributed by atoms with Gasteiger partial charge in [0.2, 0.25) is 11.8 Å². The molecule has 0 unspecified atom stereocenters. The molecule has 0 spiro atoms. The minimum absolute atomic E-state index is 0.188. The Morgan fingerprint density at radius 3 is 2.51 bits per heavy atom. The van der Waals surface area contributed by atoms with Crippen LogP contribution < -0.4 is 10.4 Å². The number of imide groups is 1. The third-order valence-electron chi connectivity index (χ3n) is 9.32. The van der Waals surface area contributed by atoms with Gasteiger partial charge in [0.05, 0.1) is 23.6 Å². The maximum Gasteiger partial charge on any atom is 0.488 e. The van der Waals surface area contributed by atoms with Crippen molar-refractivity contribution in [3.05, 3.63) is 101 Å². The highest BCUT2D eigenvalue weighted by molar-refractivity contribution is 6.58. The molecule has 2 amide bonds. The van der Waals surface area contributed by atoms with Crippen LogP contribution in [-0.2, 0) is 14.2 Å². The third-order valence-corrected chi connectivity index (χ3v) is 9.32. The van der Waals surface area contributed by atoms with Crippen LogP contribution in [0.25, 0.3) is 11.6 Å². The number of phenolic OH excluding ortho intramolecular Hbond substituents is 1. The van der Waals surface area contributed by atoms with E-state index in [-0.39, 0.29) is 35.3 Å². The summed E-state index contributed by atoms with van der Waals surface area (Å²) in [4.78, 5) is 29.1. The fraction of sp³-hybridized carbons (Fsp3) is 0.314. The summed E-state index contributed by atoms with van der Waals surface area (Å²) in [6.07, 6.45) is 5.13. The predicted molar refractivity (Wildman–Crippen MR) is 175 cm³/mol. The lowest BCUT2D eigenvalue weighted by molar-refractivity contribution is -0.122. The number of hydrogen-bond donors (Lipinski definition) is 4. The number of fused-ring (bicyclic) bond motifs is 3. The van der Waals surface area contributed by atoms with Crippen LogP contribution in [0.5, 0.6) is 5.75 Å². The molecule has 0 bridgehead atoms. The normalized spacial score (nSPS) is 23.3. The second kappa shape index (κ2) is 13.2. The average Bonchev–Trinajstić information content (AvgIpc) is 3.28. The highest BCUT2D eigenvalue weighted by atomic mass is 16.5. The fourth-order valence-electron chi connectivity index (χ4n) is 7.44. The summed E-state index contributed by atoms with van der Waals surface area (Å²) in [7, 11) is -2.80. The summed E-state index contributed by atoms with van der Waals surface area (Å²) in [5.41, 5.74) is 5.65. The maximum atomic E-state index is 14.1. The highest BCUT2D eigenvalue weighted by Crippen LogP contribution is 2.52. The number of benzene rings is 3. The molecule has 2 aliphatic heterocycles. The Morgan fingerprint density at radius 1 is 1.00 bits per heavy atom. The Bertz CT molecular complexity index is 1640. The van der Waals surface area contributed by atoms with Crippen molar-refractivity contribution in [2.45, 2.75) is 51.5 Å². The summed E-state index contributed by atoms with van der Waals surface area (Å²) in [5.74, 6) is -1.95. The maximum absolute atomic E-state index is 14.1. The number of allylic oxidation sites excluding steroid dienone is 2.